The SMILES string of the molecule is CCN(CC)CCCC(C)NC(=NC)NCC(C)N1CCCCC1C.I. The van der Waals surface area contributed by atoms with Crippen LogP contribution in [-0.2, 0) is 0 Å². The molecule has 1 aliphatic rings. The van der Waals surface area contributed by atoms with Gasteiger partial charge in [0.25, 0.3) is 0 Å². The molecule has 3 atom stereocenters. The third kappa shape index (κ3) is 9.74. The van der Waals surface area contributed by atoms with Crippen molar-refractivity contribution < 1.29 is 0 Å². The second kappa shape index (κ2) is 14.9. The summed E-state index contributed by atoms with van der Waals surface area (Å²) in [5, 5.41) is 7.07. The van der Waals surface area contributed by atoms with Crippen LogP contribution in [0.4, 0.5) is 0 Å². The summed E-state index contributed by atoms with van der Waals surface area (Å²) in [6.07, 6.45) is 6.46. The predicted octanol–water partition coefficient (Wildman–Crippen LogP) is 3.54. The van der Waals surface area contributed by atoms with Crippen LogP contribution in [-0.4, -0.2) is 73.7 Å². The number of likely N-dealkylation sites (tertiary alicyclic amines) is 1. The van der Waals surface area contributed by atoms with E-state index in [0.717, 1.165) is 25.6 Å². The van der Waals surface area contributed by atoms with E-state index >= 15 is 0 Å². The Hall–Kier alpha value is -0.0800. The van der Waals surface area contributed by atoms with Crippen LogP contribution in [0.15, 0.2) is 4.99 Å². The highest BCUT2D eigenvalue weighted by atomic mass is 127. The van der Waals surface area contributed by atoms with E-state index in [2.05, 4.69) is 60.0 Å². The minimum atomic E-state index is 0. The number of hydrogen-bond acceptors (Lipinski definition) is 3. The summed E-state index contributed by atoms with van der Waals surface area (Å²) in [4.78, 5) is 9.53. The second-order valence-electron chi connectivity index (χ2n) is 7.60. The molecule has 0 spiro atoms. The summed E-state index contributed by atoms with van der Waals surface area (Å²) in [6, 6.07) is 1.71. The Bertz CT molecular complexity index is 373. The molecule has 0 aliphatic carbocycles. The van der Waals surface area contributed by atoms with Crippen LogP contribution in [0.5, 0.6) is 0 Å². The van der Waals surface area contributed by atoms with Crippen molar-refractivity contribution in [2.45, 2.75) is 84.8 Å². The first-order chi connectivity index (χ1) is 12.0. The van der Waals surface area contributed by atoms with Crippen molar-refractivity contribution in [1.82, 2.24) is 20.4 Å². The molecule has 1 heterocycles. The van der Waals surface area contributed by atoms with Gasteiger partial charge in [0.2, 0.25) is 0 Å². The molecule has 1 saturated heterocycles. The molecule has 1 rings (SSSR count). The fraction of sp³-hybridized carbons (Fsp3) is 0.950. The Morgan fingerprint density at radius 1 is 1.23 bits per heavy atom. The molecule has 5 nitrogen and oxygen atoms in total. The van der Waals surface area contributed by atoms with E-state index in [1.54, 1.807) is 0 Å². The predicted molar refractivity (Wildman–Crippen MR) is 126 cm³/mol. The van der Waals surface area contributed by atoms with Crippen molar-refractivity contribution >= 4 is 29.9 Å². The number of guanidine groups is 1. The van der Waals surface area contributed by atoms with Gasteiger partial charge in [0.05, 0.1) is 0 Å². The molecule has 2 N–H and O–H groups in total. The van der Waals surface area contributed by atoms with Gasteiger partial charge in [-0.1, -0.05) is 20.3 Å². The van der Waals surface area contributed by atoms with Gasteiger partial charge in [0, 0.05) is 31.7 Å². The van der Waals surface area contributed by atoms with Crippen molar-refractivity contribution in [3.63, 3.8) is 0 Å². The van der Waals surface area contributed by atoms with E-state index in [9.17, 15) is 0 Å². The van der Waals surface area contributed by atoms with E-state index in [1.807, 2.05) is 7.05 Å². The first-order valence-electron chi connectivity index (χ1n) is 10.5. The lowest BCUT2D eigenvalue weighted by atomic mass is 10.0. The number of nitrogens with one attached hydrogen (secondary N) is 2. The summed E-state index contributed by atoms with van der Waals surface area (Å²) >= 11 is 0. The Morgan fingerprint density at radius 2 is 1.92 bits per heavy atom. The standard InChI is InChI=1S/C20H43N5.HI/c1-7-24(8-2)14-11-12-17(3)23-20(21-6)22-16-19(5)25-15-10-9-13-18(25)4;/h17-19H,7-16H2,1-6H3,(H2,21,22,23);1H. The van der Waals surface area contributed by atoms with Gasteiger partial charge < -0.3 is 15.5 Å². The molecule has 0 aromatic rings. The lowest BCUT2D eigenvalue weighted by Gasteiger charge is -2.38. The lowest BCUT2D eigenvalue weighted by molar-refractivity contribution is 0.115. The van der Waals surface area contributed by atoms with Crippen LogP contribution in [0.25, 0.3) is 0 Å². The van der Waals surface area contributed by atoms with Crippen LogP contribution in [0, 0.1) is 0 Å². The molecule has 1 aliphatic heterocycles. The highest BCUT2D eigenvalue weighted by Gasteiger charge is 2.23. The number of hydrogen-bond donors (Lipinski definition) is 2. The largest absolute Gasteiger partial charge is 0.355 e. The van der Waals surface area contributed by atoms with Gasteiger partial charge in [-0.3, -0.25) is 9.89 Å². The van der Waals surface area contributed by atoms with Crippen LogP contribution < -0.4 is 10.6 Å². The van der Waals surface area contributed by atoms with Gasteiger partial charge in [-0.05, 0) is 72.6 Å². The summed E-state index contributed by atoms with van der Waals surface area (Å²) in [5.41, 5.74) is 0. The molecule has 0 radical (unpaired) electrons. The molecular formula is C20H44IN5. The zero-order chi connectivity index (χ0) is 18.7. The molecule has 0 amide bonds. The Kier molecular flexibility index (Phi) is 14.9. The number of piperidine rings is 1. The fourth-order valence-corrected chi connectivity index (χ4v) is 3.80. The Balaban J connectivity index is 0.00000625. The van der Waals surface area contributed by atoms with E-state index in [0.29, 0.717) is 18.1 Å². The van der Waals surface area contributed by atoms with Crippen molar-refractivity contribution in [3.8, 4) is 0 Å². The second-order valence-corrected chi connectivity index (χ2v) is 7.60. The van der Waals surface area contributed by atoms with Crippen molar-refractivity contribution in [1.29, 1.82) is 0 Å². The number of aliphatic imine (C=N–C) groups is 1. The van der Waals surface area contributed by atoms with E-state index in [1.165, 1.54) is 45.2 Å². The zero-order valence-corrected chi connectivity index (χ0v) is 20.4. The number of halogens is 1. The topological polar surface area (TPSA) is 42.9 Å². The Morgan fingerprint density at radius 3 is 2.50 bits per heavy atom. The fourth-order valence-electron chi connectivity index (χ4n) is 3.80. The van der Waals surface area contributed by atoms with Crippen LogP contribution in [0.3, 0.4) is 0 Å². The van der Waals surface area contributed by atoms with Gasteiger partial charge in [0.15, 0.2) is 5.96 Å². The molecule has 3 unspecified atom stereocenters. The van der Waals surface area contributed by atoms with Gasteiger partial charge in [-0.15, -0.1) is 24.0 Å². The first kappa shape index (κ1) is 25.9. The quantitative estimate of drug-likeness (QED) is 0.285. The van der Waals surface area contributed by atoms with Crippen LogP contribution >= 0.6 is 24.0 Å². The normalized spacial score (nSPS) is 21.2. The third-order valence-electron chi connectivity index (χ3n) is 5.60. The highest BCUT2D eigenvalue weighted by molar-refractivity contribution is 14.0. The summed E-state index contributed by atoms with van der Waals surface area (Å²) in [6.45, 7) is 17.1. The molecule has 156 valence electrons. The van der Waals surface area contributed by atoms with Gasteiger partial charge in [-0.25, -0.2) is 0 Å². The number of rotatable bonds is 10. The average molecular weight is 482 g/mol. The molecule has 0 bridgehead atoms. The lowest BCUT2D eigenvalue weighted by Crippen LogP contribution is -2.51. The molecule has 0 saturated carbocycles. The molecule has 6 heteroatoms. The van der Waals surface area contributed by atoms with Gasteiger partial charge in [-0.2, -0.15) is 0 Å². The van der Waals surface area contributed by atoms with E-state index in [-0.39, 0.29) is 24.0 Å². The van der Waals surface area contributed by atoms with E-state index in [4.69, 9.17) is 0 Å². The minimum absolute atomic E-state index is 0. The third-order valence-corrected chi connectivity index (χ3v) is 5.60. The highest BCUT2D eigenvalue weighted by Crippen LogP contribution is 2.18. The average Bonchev–Trinajstić information content (AvgIpc) is 2.62. The Labute approximate surface area is 179 Å². The minimum Gasteiger partial charge on any atom is -0.355 e. The zero-order valence-electron chi connectivity index (χ0n) is 18.1. The van der Waals surface area contributed by atoms with Gasteiger partial charge >= 0.3 is 0 Å². The molecule has 26 heavy (non-hydrogen) atoms. The molecular weight excluding hydrogens is 437 g/mol. The monoisotopic (exact) mass is 481 g/mol. The maximum Gasteiger partial charge on any atom is 0.191 e. The smallest absolute Gasteiger partial charge is 0.191 e. The van der Waals surface area contributed by atoms with Crippen LogP contribution in [0.2, 0.25) is 0 Å². The summed E-state index contributed by atoms with van der Waals surface area (Å²) in [5.74, 6) is 0.937. The number of nitrogens with zero attached hydrogens (tertiary/aromatic N) is 3. The maximum atomic E-state index is 4.41. The molecule has 1 fully saturated rings. The maximum absolute atomic E-state index is 4.41. The van der Waals surface area contributed by atoms with Crippen molar-refractivity contribution in [2.24, 2.45) is 4.99 Å². The first-order valence-corrected chi connectivity index (χ1v) is 10.5. The molecule has 0 aromatic heterocycles. The molecule has 0 aromatic carbocycles. The van der Waals surface area contributed by atoms with Gasteiger partial charge in [0.1, 0.15) is 0 Å². The summed E-state index contributed by atoms with van der Waals surface area (Å²) in [7, 11) is 1.87. The van der Waals surface area contributed by atoms with E-state index < -0.39 is 0 Å². The van der Waals surface area contributed by atoms with Crippen molar-refractivity contribution in [3.05, 3.63) is 0 Å². The summed E-state index contributed by atoms with van der Waals surface area (Å²) < 4.78 is 0. The van der Waals surface area contributed by atoms with Crippen LogP contribution in [0.1, 0.15) is 66.7 Å². The van der Waals surface area contributed by atoms with Crippen molar-refractivity contribution in [2.75, 3.05) is 39.8 Å².